The Morgan fingerprint density at radius 2 is 2.29 bits per heavy atom. The molecule has 0 radical (unpaired) electrons. The van der Waals surface area contributed by atoms with Crippen LogP contribution in [0.4, 0.5) is 0 Å². The average Bonchev–Trinajstić information content (AvgIpc) is 2.38. The molecule has 17 heavy (non-hydrogen) atoms. The van der Waals surface area contributed by atoms with Crippen LogP contribution in [-0.2, 0) is 16.1 Å². The van der Waals surface area contributed by atoms with Crippen molar-refractivity contribution < 1.29 is 9.47 Å². The van der Waals surface area contributed by atoms with Crippen molar-refractivity contribution in [1.82, 2.24) is 4.98 Å². The molecule has 0 bridgehead atoms. The van der Waals surface area contributed by atoms with E-state index in [1.54, 1.807) is 6.20 Å². The SMILES string of the molecule is NC(=S)c1ncccc1COC1CCOCC1. The quantitative estimate of drug-likeness (QED) is 0.821. The van der Waals surface area contributed by atoms with Gasteiger partial charge in [0.25, 0.3) is 0 Å². The molecular weight excluding hydrogens is 236 g/mol. The Morgan fingerprint density at radius 1 is 1.53 bits per heavy atom. The minimum absolute atomic E-state index is 0.267. The number of hydrogen-bond acceptors (Lipinski definition) is 4. The summed E-state index contributed by atoms with van der Waals surface area (Å²) in [4.78, 5) is 4.49. The molecule has 1 aromatic heterocycles. The Balaban J connectivity index is 1.96. The van der Waals surface area contributed by atoms with E-state index in [1.807, 2.05) is 12.1 Å². The van der Waals surface area contributed by atoms with Crippen LogP contribution < -0.4 is 5.73 Å². The molecule has 92 valence electrons. The second-order valence-corrected chi connectivity index (χ2v) is 4.44. The van der Waals surface area contributed by atoms with Gasteiger partial charge in [-0.2, -0.15) is 0 Å². The first-order chi connectivity index (χ1) is 8.27. The fourth-order valence-corrected chi connectivity index (χ4v) is 2.01. The molecule has 1 aromatic rings. The molecule has 2 heterocycles. The number of ether oxygens (including phenoxy) is 2. The number of hydrogen-bond donors (Lipinski definition) is 1. The number of pyridine rings is 1. The number of nitrogens with two attached hydrogens (primary N) is 1. The van der Waals surface area contributed by atoms with Gasteiger partial charge in [0, 0.05) is 25.0 Å². The molecule has 2 rings (SSSR count). The van der Waals surface area contributed by atoms with Crippen LogP contribution in [0.2, 0.25) is 0 Å². The van der Waals surface area contributed by atoms with Crippen molar-refractivity contribution in [2.45, 2.75) is 25.6 Å². The van der Waals surface area contributed by atoms with E-state index in [2.05, 4.69) is 4.98 Å². The second kappa shape index (κ2) is 6.05. The van der Waals surface area contributed by atoms with E-state index in [-0.39, 0.29) is 6.10 Å². The summed E-state index contributed by atoms with van der Waals surface area (Å²) in [5.74, 6) is 0. The maximum Gasteiger partial charge on any atom is 0.123 e. The van der Waals surface area contributed by atoms with Gasteiger partial charge in [0.1, 0.15) is 10.7 Å². The van der Waals surface area contributed by atoms with Gasteiger partial charge < -0.3 is 15.2 Å². The first-order valence-electron chi connectivity index (χ1n) is 5.70. The molecule has 0 unspecified atom stereocenters. The van der Waals surface area contributed by atoms with Gasteiger partial charge in [-0.3, -0.25) is 4.98 Å². The van der Waals surface area contributed by atoms with E-state index in [9.17, 15) is 0 Å². The van der Waals surface area contributed by atoms with Crippen LogP contribution in [0.5, 0.6) is 0 Å². The highest BCUT2D eigenvalue weighted by Crippen LogP contribution is 2.14. The zero-order valence-electron chi connectivity index (χ0n) is 9.59. The molecule has 0 saturated carbocycles. The second-order valence-electron chi connectivity index (χ2n) is 4.00. The van der Waals surface area contributed by atoms with Crippen molar-refractivity contribution in [2.24, 2.45) is 5.73 Å². The van der Waals surface area contributed by atoms with Crippen molar-refractivity contribution >= 4 is 17.2 Å². The van der Waals surface area contributed by atoms with E-state index in [1.165, 1.54) is 0 Å². The molecule has 0 spiro atoms. The first kappa shape index (κ1) is 12.4. The van der Waals surface area contributed by atoms with E-state index in [0.29, 0.717) is 17.3 Å². The molecule has 0 aromatic carbocycles. The smallest absolute Gasteiger partial charge is 0.123 e. The summed E-state index contributed by atoms with van der Waals surface area (Å²) in [5.41, 5.74) is 7.23. The fourth-order valence-electron chi connectivity index (χ4n) is 1.83. The Hall–Kier alpha value is -1.04. The highest BCUT2D eigenvalue weighted by Gasteiger charge is 2.15. The molecule has 1 aliphatic rings. The molecule has 2 N–H and O–H groups in total. The summed E-state index contributed by atoms with van der Waals surface area (Å²) in [6, 6.07) is 3.81. The zero-order chi connectivity index (χ0) is 12.1. The van der Waals surface area contributed by atoms with E-state index >= 15 is 0 Å². The third kappa shape index (κ3) is 3.46. The fraction of sp³-hybridized carbons (Fsp3) is 0.500. The number of thiocarbonyl (C=S) groups is 1. The Bertz CT molecular complexity index is 392. The maximum atomic E-state index is 5.82. The zero-order valence-corrected chi connectivity index (χ0v) is 10.4. The van der Waals surface area contributed by atoms with Crippen molar-refractivity contribution in [3.8, 4) is 0 Å². The molecule has 4 nitrogen and oxygen atoms in total. The lowest BCUT2D eigenvalue weighted by molar-refractivity contribution is -0.0391. The summed E-state index contributed by atoms with van der Waals surface area (Å²) in [6.45, 7) is 2.06. The van der Waals surface area contributed by atoms with Crippen LogP contribution in [-0.4, -0.2) is 29.3 Å². The standard InChI is InChI=1S/C12H16N2O2S/c13-12(17)11-9(2-1-5-14-11)8-16-10-3-6-15-7-4-10/h1-2,5,10H,3-4,6-8H2,(H2,13,17). The van der Waals surface area contributed by atoms with Crippen LogP contribution >= 0.6 is 12.2 Å². The third-order valence-corrected chi connectivity index (χ3v) is 2.96. The minimum atomic E-state index is 0.267. The van der Waals surface area contributed by atoms with Gasteiger partial charge in [-0.1, -0.05) is 18.3 Å². The van der Waals surface area contributed by atoms with Gasteiger partial charge in [0.2, 0.25) is 0 Å². The highest BCUT2D eigenvalue weighted by molar-refractivity contribution is 7.80. The topological polar surface area (TPSA) is 57.4 Å². The predicted molar refractivity (Wildman–Crippen MR) is 68.8 cm³/mol. The monoisotopic (exact) mass is 252 g/mol. The summed E-state index contributed by atoms with van der Waals surface area (Å²) >= 11 is 4.96. The number of nitrogens with zero attached hydrogens (tertiary/aromatic N) is 1. The van der Waals surface area contributed by atoms with E-state index < -0.39 is 0 Å². The molecule has 0 atom stereocenters. The number of aromatic nitrogens is 1. The third-order valence-electron chi connectivity index (χ3n) is 2.77. The molecule has 5 heteroatoms. The Labute approximate surface area is 106 Å². The highest BCUT2D eigenvalue weighted by atomic mass is 32.1. The van der Waals surface area contributed by atoms with Crippen LogP contribution in [0.15, 0.2) is 18.3 Å². The van der Waals surface area contributed by atoms with Crippen LogP contribution in [0.3, 0.4) is 0 Å². The molecule has 1 aliphatic heterocycles. The van der Waals surface area contributed by atoms with E-state index in [0.717, 1.165) is 31.6 Å². The number of rotatable bonds is 4. The van der Waals surface area contributed by atoms with Crippen molar-refractivity contribution in [3.63, 3.8) is 0 Å². The first-order valence-corrected chi connectivity index (χ1v) is 6.11. The van der Waals surface area contributed by atoms with Gasteiger partial charge >= 0.3 is 0 Å². The van der Waals surface area contributed by atoms with Crippen molar-refractivity contribution in [3.05, 3.63) is 29.6 Å². The lowest BCUT2D eigenvalue weighted by Gasteiger charge is -2.22. The Morgan fingerprint density at radius 3 is 3.00 bits per heavy atom. The molecular formula is C12H16N2O2S. The lowest BCUT2D eigenvalue weighted by Crippen LogP contribution is -2.24. The molecule has 1 fully saturated rings. The summed E-state index contributed by atoms with van der Waals surface area (Å²) in [7, 11) is 0. The normalized spacial score (nSPS) is 16.9. The lowest BCUT2D eigenvalue weighted by atomic mass is 10.1. The largest absolute Gasteiger partial charge is 0.388 e. The van der Waals surface area contributed by atoms with Crippen LogP contribution in [0.1, 0.15) is 24.1 Å². The van der Waals surface area contributed by atoms with Crippen molar-refractivity contribution in [2.75, 3.05) is 13.2 Å². The van der Waals surface area contributed by atoms with Gasteiger partial charge in [-0.05, 0) is 18.9 Å². The van der Waals surface area contributed by atoms with E-state index in [4.69, 9.17) is 27.4 Å². The van der Waals surface area contributed by atoms with Gasteiger partial charge in [-0.15, -0.1) is 0 Å². The summed E-state index contributed by atoms with van der Waals surface area (Å²) < 4.78 is 11.1. The summed E-state index contributed by atoms with van der Waals surface area (Å²) in [6.07, 6.45) is 3.85. The van der Waals surface area contributed by atoms with Crippen molar-refractivity contribution in [1.29, 1.82) is 0 Å². The molecule has 1 saturated heterocycles. The average molecular weight is 252 g/mol. The molecule has 0 amide bonds. The van der Waals surface area contributed by atoms with Gasteiger partial charge in [0.15, 0.2) is 0 Å². The minimum Gasteiger partial charge on any atom is -0.388 e. The van der Waals surface area contributed by atoms with Crippen LogP contribution in [0.25, 0.3) is 0 Å². The van der Waals surface area contributed by atoms with Crippen LogP contribution in [0, 0.1) is 0 Å². The summed E-state index contributed by atoms with van der Waals surface area (Å²) in [5, 5.41) is 0. The Kier molecular flexibility index (Phi) is 4.42. The molecule has 0 aliphatic carbocycles. The van der Waals surface area contributed by atoms with Gasteiger partial charge in [0.05, 0.1) is 12.7 Å². The maximum absolute atomic E-state index is 5.82. The predicted octanol–water partition coefficient (Wildman–Crippen LogP) is 1.41. The van der Waals surface area contributed by atoms with Gasteiger partial charge in [-0.25, -0.2) is 0 Å².